The van der Waals surface area contributed by atoms with Gasteiger partial charge in [0.2, 0.25) is 11.2 Å². The van der Waals surface area contributed by atoms with Gasteiger partial charge in [-0.2, -0.15) is 4.98 Å². The van der Waals surface area contributed by atoms with Crippen molar-refractivity contribution in [2.75, 3.05) is 5.73 Å². The quantitative estimate of drug-likeness (QED) is 0.853. The van der Waals surface area contributed by atoms with Crippen LogP contribution in [0.25, 0.3) is 0 Å². The number of hydrogen-bond donors (Lipinski definition) is 1. The minimum atomic E-state index is -0.763. The van der Waals surface area contributed by atoms with E-state index in [2.05, 4.69) is 9.97 Å². The maximum Gasteiger partial charge on any atom is 0.247 e. The normalized spacial score (nSPS) is 10.4. The molecule has 0 unspecified atom stereocenters. The molecule has 1 aromatic carbocycles. The van der Waals surface area contributed by atoms with Gasteiger partial charge < -0.3 is 10.5 Å². The van der Waals surface area contributed by atoms with Gasteiger partial charge in [-0.3, -0.25) is 0 Å². The summed E-state index contributed by atoms with van der Waals surface area (Å²) in [6.45, 7) is 1.61. The number of benzene rings is 1. The van der Waals surface area contributed by atoms with Gasteiger partial charge in [-0.25, -0.2) is 13.8 Å². The number of anilines is 1. The Morgan fingerprint density at radius 2 is 1.78 bits per heavy atom. The van der Waals surface area contributed by atoms with Crippen LogP contribution in [-0.2, 0) is 0 Å². The SMILES string of the molecule is Cc1nc(Cl)nc(Oc2cc(F)cc(F)c2)c1N. The second kappa shape index (κ2) is 4.73. The summed E-state index contributed by atoms with van der Waals surface area (Å²) < 4.78 is 31.2. The molecule has 0 bridgehead atoms. The van der Waals surface area contributed by atoms with Crippen molar-refractivity contribution in [3.8, 4) is 11.6 Å². The number of nitrogen functional groups attached to an aromatic ring is 1. The molecule has 94 valence electrons. The molecular weight excluding hydrogens is 264 g/mol. The van der Waals surface area contributed by atoms with Crippen molar-refractivity contribution in [1.29, 1.82) is 0 Å². The van der Waals surface area contributed by atoms with E-state index in [0.717, 1.165) is 18.2 Å². The number of nitrogens with two attached hydrogens (primary N) is 1. The Morgan fingerprint density at radius 1 is 1.17 bits per heavy atom. The van der Waals surface area contributed by atoms with E-state index in [9.17, 15) is 8.78 Å². The van der Waals surface area contributed by atoms with Gasteiger partial charge in [0.05, 0.1) is 5.69 Å². The summed E-state index contributed by atoms with van der Waals surface area (Å²) >= 11 is 5.64. The highest BCUT2D eigenvalue weighted by Gasteiger charge is 2.11. The van der Waals surface area contributed by atoms with Crippen LogP contribution < -0.4 is 10.5 Å². The number of nitrogens with zero attached hydrogens (tertiary/aromatic N) is 2. The summed E-state index contributed by atoms with van der Waals surface area (Å²) in [5, 5.41) is -0.0615. The Hall–Kier alpha value is -1.95. The molecule has 7 heteroatoms. The van der Waals surface area contributed by atoms with Crippen molar-refractivity contribution in [3.63, 3.8) is 0 Å². The molecule has 0 saturated carbocycles. The molecule has 2 rings (SSSR count). The average Bonchev–Trinajstić information content (AvgIpc) is 2.23. The van der Waals surface area contributed by atoms with E-state index in [1.54, 1.807) is 6.92 Å². The number of halogens is 3. The molecule has 2 N–H and O–H groups in total. The third-order valence-electron chi connectivity index (χ3n) is 2.12. The smallest absolute Gasteiger partial charge is 0.247 e. The molecule has 18 heavy (non-hydrogen) atoms. The summed E-state index contributed by atoms with van der Waals surface area (Å²) in [4.78, 5) is 7.56. The lowest BCUT2D eigenvalue weighted by Gasteiger charge is -2.09. The van der Waals surface area contributed by atoms with Gasteiger partial charge in [-0.15, -0.1) is 0 Å². The third kappa shape index (κ3) is 2.65. The Balaban J connectivity index is 2.39. The fourth-order valence-corrected chi connectivity index (χ4v) is 1.50. The van der Waals surface area contributed by atoms with Crippen molar-refractivity contribution in [1.82, 2.24) is 9.97 Å². The molecule has 0 saturated heterocycles. The molecular formula is C11H8ClF2N3O. The first-order valence-corrected chi connectivity index (χ1v) is 5.27. The van der Waals surface area contributed by atoms with Crippen molar-refractivity contribution < 1.29 is 13.5 Å². The molecule has 0 aliphatic heterocycles. The predicted molar refractivity (Wildman–Crippen MR) is 62.6 cm³/mol. The van der Waals surface area contributed by atoms with Gasteiger partial charge in [0.15, 0.2) is 0 Å². The summed E-state index contributed by atoms with van der Waals surface area (Å²) in [5.41, 5.74) is 6.25. The number of rotatable bonds is 2. The van der Waals surface area contributed by atoms with Crippen LogP contribution in [0.3, 0.4) is 0 Å². The Morgan fingerprint density at radius 3 is 2.39 bits per heavy atom. The van der Waals surface area contributed by atoms with E-state index in [4.69, 9.17) is 22.1 Å². The van der Waals surface area contributed by atoms with Crippen LogP contribution in [0.4, 0.5) is 14.5 Å². The Labute approximate surface area is 106 Å². The zero-order valence-electron chi connectivity index (χ0n) is 9.25. The summed E-state index contributed by atoms with van der Waals surface area (Å²) in [6.07, 6.45) is 0. The molecule has 0 aliphatic rings. The maximum absolute atomic E-state index is 13.0. The van der Waals surface area contributed by atoms with Gasteiger partial charge >= 0.3 is 0 Å². The lowest BCUT2D eigenvalue weighted by molar-refractivity contribution is 0.452. The highest BCUT2D eigenvalue weighted by atomic mass is 35.5. The first kappa shape index (κ1) is 12.5. The van der Waals surface area contributed by atoms with Crippen LogP contribution in [-0.4, -0.2) is 9.97 Å². The monoisotopic (exact) mass is 271 g/mol. The van der Waals surface area contributed by atoms with Crippen LogP contribution in [0.2, 0.25) is 5.28 Å². The minimum absolute atomic E-state index is 0.0440. The number of ether oxygens (including phenoxy) is 1. The Bertz CT molecular complexity index is 587. The fraction of sp³-hybridized carbons (Fsp3) is 0.0909. The van der Waals surface area contributed by atoms with Gasteiger partial charge in [0.25, 0.3) is 0 Å². The van der Waals surface area contributed by atoms with Crippen molar-refractivity contribution in [2.45, 2.75) is 6.92 Å². The van der Waals surface area contributed by atoms with Gasteiger partial charge in [0, 0.05) is 18.2 Å². The third-order valence-corrected chi connectivity index (χ3v) is 2.29. The molecule has 0 spiro atoms. The Kier molecular flexibility index (Phi) is 3.29. The molecule has 0 aliphatic carbocycles. The standard InChI is InChI=1S/C11H8ClF2N3O/c1-5-9(15)10(17-11(12)16-5)18-8-3-6(13)2-7(14)4-8/h2-4H,15H2,1H3. The van der Waals surface area contributed by atoms with Crippen molar-refractivity contribution in [3.05, 3.63) is 40.8 Å². The van der Waals surface area contributed by atoms with Crippen LogP contribution in [0.15, 0.2) is 18.2 Å². The summed E-state index contributed by atoms with van der Waals surface area (Å²) in [7, 11) is 0. The number of hydrogen-bond acceptors (Lipinski definition) is 4. The second-order valence-corrected chi connectivity index (χ2v) is 3.84. The fourth-order valence-electron chi connectivity index (χ4n) is 1.30. The van der Waals surface area contributed by atoms with E-state index < -0.39 is 11.6 Å². The summed E-state index contributed by atoms with van der Waals surface area (Å²) in [5.74, 6) is -1.63. The van der Waals surface area contributed by atoms with E-state index in [1.807, 2.05) is 0 Å². The van der Waals surface area contributed by atoms with Gasteiger partial charge in [-0.05, 0) is 18.5 Å². The molecule has 2 aromatic rings. The van der Waals surface area contributed by atoms with Gasteiger partial charge in [-0.1, -0.05) is 0 Å². The van der Waals surface area contributed by atoms with Crippen LogP contribution in [0.5, 0.6) is 11.6 Å². The van der Waals surface area contributed by atoms with E-state index in [-0.39, 0.29) is 22.6 Å². The minimum Gasteiger partial charge on any atom is -0.437 e. The zero-order chi connectivity index (χ0) is 13.3. The van der Waals surface area contributed by atoms with Crippen molar-refractivity contribution >= 4 is 17.3 Å². The molecule has 1 aromatic heterocycles. The van der Waals surface area contributed by atoms with Crippen LogP contribution in [0, 0.1) is 18.6 Å². The summed E-state index contributed by atoms with van der Waals surface area (Å²) in [6, 6.07) is 2.75. The van der Waals surface area contributed by atoms with Crippen LogP contribution in [0.1, 0.15) is 5.69 Å². The topological polar surface area (TPSA) is 61.0 Å². The van der Waals surface area contributed by atoms with Crippen LogP contribution >= 0.6 is 11.6 Å². The molecule has 4 nitrogen and oxygen atoms in total. The molecule has 0 fully saturated rings. The maximum atomic E-state index is 13.0. The molecule has 1 heterocycles. The van der Waals surface area contributed by atoms with E-state index >= 15 is 0 Å². The number of aromatic nitrogens is 2. The van der Waals surface area contributed by atoms with E-state index in [1.165, 1.54) is 0 Å². The molecule has 0 radical (unpaired) electrons. The largest absolute Gasteiger partial charge is 0.437 e. The second-order valence-electron chi connectivity index (χ2n) is 3.50. The number of aryl methyl sites for hydroxylation is 1. The zero-order valence-corrected chi connectivity index (χ0v) is 10.0. The highest BCUT2D eigenvalue weighted by molar-refractivity contribution is 6.28. The highest BCUT2D eigenvalue weighted by Crippen LogP contribution is 2.28. The molecule has 0 atom stereocenters. The van der Waals surface area contributed by atoms with Gasteiger partial charge in [0.1, 0.15) is 23.1 Å². The lowest BCUT2D eigenvalue weighted by atomic mass is 10.3. The molecule has 0 amide bonds. The van der Waals surface area contributed by atoms with Crippen molar-refractivity contribution in [2.24, 2.45) is 0 Å². The first-order valence-electron chi connectivity index (χ1n) is 4.89. The average molecular weight is 272 g/mol. The van der Waals surface area contributed by atoms with E-state index in [0.29, 0.717) is 5.69 Å². The lowest BCUT2D eigenvalue weighted by Crippen LogP contribution is -2.01. The predicted octanol–water partition coefficient (Wildman–Crippen LogP) is 3.09. The first-order chi connectivity index (χ1) is 8.45.